The first-order valence-electron chi connectivity index (χ1n) is 7.48. The summed E-state index contributed by atoms with van der Waals surface area (Å²) in [6, 6.07) is 8.15. The molecule has 0 bridgehead atoms. The fourth-order valence-electron chi connectivity index (χ4n) is 2.57. The summed E-state index contributed by atoms with van der Waals surface area (Å²) in [5.74, 6) is -0.635. The van der Waals surface area contributed by atoms with Gasteiger partial charge in [0.05, 0.1) is 13.2 Å². The van der Waals surface area contributed by atoms with Gasteiger partial charge in [-0.1, -0.05) is 12.1 Å². The molecule has 1 aliphatic rings. The minimum atomic E-state index is -0.453. The van der Waals surface area contributed by atoms with Crippen molar-refractivity contribution < 1.29 is 13.9 Å². The third-order valence-electron chi connectivity index (χ3n) is 3.84. The zero-order chi connectivity index (χ0) is 17.1. The van der Waals surface area contributed by atoms with Crippen molar-refractivity contribution in [3.63, 3.8) is 0 Å². The maximum absolute atomic E-state index is 13.0. The van der Waals surface area contributed by atoms with Crippen LogP contribution in [0.1, 0.15) is 11.7 Å². The molecule has 1 saturated heterocycles. The lowest BCUT2D eigenvalue weighted by Gasteiger charge is -2.33. The van der Waals surface area contributed by atoms with Crippen molar-refractivity contribution >= 4 is 5.91 Å². The summed E-state index contributed by atoms with van der Waals surface area (Å²) in [6.45, 7) is 0.789. The standard InChI is InChI=1S/C16H16FN3O4/c17-12-3-1-11(2-4-12)13-9-19(7-8-24-13)16(23)10-20-15(22)6-5-14(21)18-20/h1-6,13H,7-10H2,(H,18,21)/t13-/m0/s1. The third kappa shape index (κ3) is 3.60. The van der Waals surface area contributed by atoms with E-state index in [2.05, 4.69) is 5.10 Å². The second kappa shape index (κ2) is 6.79. The van der Waals surface area contributed by atoms with Crippen LogP contribution in [0.25, 0.3) is 0 Å². The molecule has 126 valence electrons. The number of carbonyl (C=O) groups is 1. The minimum absolute atomic E-state index is 0.245. The Labute approximate surface area is 136 Å². The van der Waals surface area contributed by atoms with E-state index in [1.165, 1.54) is 12.1 Å². The number of benzene rings is 1. The van der Waals surface area contributed by atoms with Crippen molar-refractivity contribution in [1.82, 2.24) is 14.7 Å². The highest BCUT2D eigenvalue weighted by atomic mass is 19.1. The molecule has 7 nitrogen and oxygen atoms in total. The number of nitrogens with zero attached hydrogens (tertiary/aromatic N) is 2. The Balaban J connectivity index is 1.71. The number of nitrogens with one attached hydrogen (secondary N) is 1. The maximum Gasteiger partial charge on any atom is 0.265 e. The van der Waals surface area contributed by atoms with E-state index in [1.54, 1.807) is 17.0 Å². The van der Waals surface area contributed by atoms with Crippen LogP contribution in [-0.4, -0.2) is 40.3 Å². The smallest absolute Gasteiger partial charge is 0.265 e. The van der Waals surface area contributed by atoms with Gasteiger partial charge in [0.25, 0.3) is 11.1 Å². The van der Waals surface area contributed by atoms with E-state index < -0.39 is 11.1 Å². The van der Waals surface area contributed by atoms with E-state index in [-0.39, 0.29) is 24.4 Å². The first-order valence-corrected chi connectivity index (χ1v) is 7.48. The van der Waals surface area contributed by atoms with Gasteiger partial charge >= 0.3 is 0 Å². The number of hydrogen-bond acceptors (Lipinski definition) is 4. The Morgan fingerprint density at radius 1 is 1.21 bits per heavy atom. The van der Waals surface area contributed by atoms with Crippen molar-refractivity contribution in [3.8, 4) is 0 Å². The van der Waals surface area contributed by atoms with Crippen LogP contribution in [-0.2, 0) is 16.1 Å². The highest BCUT2D eigenvalue weighted by molar-refractivity contribution is 5.76. The van der Waals surface area contributed by atoms with Crippen molar-refractivity contribution in [1.29, 1.82) is 0 Å². The number of aromatic amines is 1. The lowest BCUT2D eigenvalue weighted by molar-refractivity contribution is -0.140. The van der Waals surface area contributed by atoms with Crippen LogP contribution in [0.4, 0.5) is 4.39 Å². The molecule has 2 aromatic rings. The highest BCUT2D eigenvalue weighted by Crippen LogP contribution is 2.22. The second-order valence-electron chi connectivity index (χ2n) is 5.48. The highest BCUT2D eigenvalue weighted by Gasteiger charge is 2.25. The molecule has 24 heavy (non-hydrogen) atoms. The number of carbonyl (C=O) groups excluding carboxylic acids is 1. The number of hydrogen-bond donors (Lipinski definition) is 1. The molecular formula is C16H16FN3O4. The number of amides is 1. The molecular weight excluding hydrogens is 317 g/mol. The number of rotatable bonds is 3. The van der Waals surface area contributed by atoms with Crippen LogP contribution in [0.5, 0.6) is 0 Å². The van der Waals surface area contributed by atoms with E-state index >= 15 is 0 Å². The number of ether oxygens (including phenoxy) is 1. The molecule has 0 radical (unpaired) electrons. The number of halogens is 1. The summed E-state index contributed by atoms with van der Waals surface area (Å²) in [5.41, 5.74) is -0.126. The number of H-pyrrole nitrogens is 1. The van der Waals surface area contributed by atoms with Crippen molar-refractivity contribution in [2.45, 2.75) is 12.6 Å². The summed E-state index contributed by atoms with van der Waals surface area (Å²) < 4.78 is 19.6. The molecule has 1 N–H and O–H groups in total. The molecule has 0 aliphatic carbocycles. The molecule has 0 saturated carbocycles. The van der Waals surface area contributed by atoms with E-state index in [9.17, 15) is 18.8 Å². The zero-order valence-electron chi connectivity index (χ0n) is 12.8. The van der Waals surface area contributed by atoms with Gasteiger partial charge in [-0.3, -0.25) is 19.5 Å². The Kier molecular flexibility index (Phi) is 4.57. The van der Waals surface area contributed by atoms with E-state index in [1.807, 2.05) is 0 Å². The van der Waals surface area contributed by atoms with Crippen LogP contribution in [0.15, 0.2) is 46.0 Å². The molecule has 1 atom stereocenters. The van der Waals surface area contributed by atoms with Gasteiger partial charge in [0.1, 0.15) is 18.5 Å². The minimum Gasteiger partial charge on any atom is -0.370 e. The molecule has 1 aromatic carbocycles. The lowest BCUT2D eigenvalue weighted by Crippen LogP contribution is -2.45. The van der Waals surface area contributed by atoms with Gasteiger partial charge in [0.15, 0.2) is 0 Å². The molecule has 1 aliphatic heterocycles. The fourth-order valence-corrected chi connectivity index (χ4v) is 2.57. The van der Waals surface area contributed by atoms with Gasteiger partial charge in [-0.05, 0) is 17.7 Å². The molecule has 1 aromatic heterocycles. The fraction of sp³-hybridized carbons (Fsp3) is 0.312. The molecule has 1 fully saturated rings. The van der Waals surface area contributed by atoms with Crippen molar-refractivity contribution in [3.05, 3.63) is 68.5 Å². The molecule has 1 amide bonds. The summed E-state index contributed by atoms with van der Waals surface area (Å²) >= 11 is 0. The summed E-state index contributed by atoms with van der Waals surface area (Å²) in [5, 5.41) is 2.32. The predicted molar refractivity (Wildman–Crippen MR) is 83.0 cm³/mol. The Morgan fingerprint density at radius 3 is 2.71 bits per heavy atom. The van der Waals surface area contributed by atoms with Crippen LogP contribution in [0.3, 0.4) is 0 Å². The number of aromatic nitrogens is 2. The largest absolute Gasteiger partial charge is 0.370 e. The quantitative estimate of drug-likeness (QED) is 0.874. The van der Waals surface area contributed by atoms with Gasteiger partial charge in [0, 0.05) is 18.7 Å². The normalized spacial score (nSPS) is 17.7. The van der Waals surface area contributed by atoms with Crippen LogP contribution >= 0.6 is 0 Å². The van der Waals surface area contributed by atoms with E-state index in [0.717, 1.165) is 22.4 Å². The summed E-state index contributed by atoms with van der Waals surface area (Å²) in [7, 11) is 0. The average molecular weight is 333 g/mol. The lowest BCUT2D eigenvalue weighted by atomic mass is 10.1. The molecule has 3 rings (SSSR count). The van der Waals surface area contributed by atoms with E-state index in [0.29, 0.717) is 19.7 Å². The average Bonchev–Trinajstić information content (AvgIpc) is 2.59. The first-order chi connectivity index (χ1) is 11.5. The Bertz CT molecular complexity index is 843. The molecule has 2 heterocycles. The number of morpholine rings is 1. The summed E-state index contributed by atoms with van der Waals surface area (Å²) in [4.78, 5) is 36.9. The first kappa shape index (κ1) is 16.1. The Morgan fingerprint density at radius 2 is 1.96 bits per heavy atom. The summed E-state index contributed by atoms with van der Waals surface area (Å²) in [6.07, 6.45) is -0.352. The van der Waals surface area contributed by atoms with Gasteiger partial charge in [-0.15, -0.1) is 0 Å². The van der Waals surface area contributed by atoms with Gasteiger partial charge in [-0.25, -0.2) is 9.07 Å². The topological polar surface area (TPSA) is 84.4 Å². The SMILES string of the molecule is O=C(Cn1[nH]c(=O)ccc1=O)N1CCO[C@H](c2ccc(F)cc2)C1. The van der Waals surface area contributed by atoms with Crippen LogP contribution in [0.2, 0.25) is 0 Å². The van der Waals surface area contributed by atoms with Gasteiger partial charge < -0.3 is 9.64 Å². The third-order valence-corrected chi connectivity index (χ3v) is 3.84. The maximum atomic E-state index is 13.0. The molecule has 0 unspecified atom stereocenters. The predicted octanol–water partition coefficient (Wildman–Crippen LogP) is 0.276. The van der Waals surface area contributed by atoms with Crippen molar-refractivity contribution in [2.75, 3.05) is 19.7 Å². The second-order valence-corrected chi connectivity index (χ2v) is 5.48. The van der Waals surface area contributed by atoms with E-state index in [4.69, 9.17) is 4.74 Å². The van der Waals surface area contributed by atoms with Crippen molar-refractivity contribution in [2.24, 2.45) is 0 Å². The Hall–Kier alpha value is -2.74. The molecule has 0 spiro atoms. The zero-order valence-corrected chi connectivity index (χ0v) is 12.8. The van der Waals surface area contributed by atoms with Gasteiger partial charge in [0.2, 0.25) is 5.91 Å². The monoisotopic (exact) mass is 333 g/mol. The van der Waals surface area contributed by atoms with Crippen LogP contribution in [0, 0.1) is 5.82 Å². The van der Waals surface area contributed by atoms with Crippen LogP contribution < -0.4 is 11.1 Å². The van der Waals surface area contributed by atoms with Gasteiger partial charge in [-0.2, -0.15) is 0 Å². The molecule has 8 heteroatoms.